The standard InChI is InChI=1S/C15H13BrCl2N2/c1-19(17)20(18)15(10-12-6-3-2-4-7-12)13-8-5-9-14(16)11-13/h2-11H,1H3. The molecule has 2 nitrogen and oxygen atoms in total. The van der Waals surface area contributed by atoms with Gasteiger partial charge in [0.2, 0.25) is 0 Å². The van der Waals surface area contributed by atoms with Gasteiger partial charge in [0, 0.05) is 40.6 Å². The van der Waals surface area contributed by atoms with Crippen LogP contribution < -0.4 is 0 Å². The molecule has 0 aromatic heterocycles. The minimum atomic E-state index is 0.789. The van der Waals surface area contributed by atoms with Crippen LogP contribution in [0.3, 0.4) is 0 Å². The molecule has 2 aromatic rings. The van der Waals surface area contributed by atoms with Crippen LogP contribution in [-0.2, 0) is 0 Å². The number of nitrogens with zero attached hydrogens (tertiary/aromatic N) is 2. The Morgan fingerprint density at radius 1 is 1.05 bits per heavy atom. The van der Waals surface area contributed by atoms with Gasteiger partial charge in [0.25, 0.3) is 0 Å². The van der Waals surface area contributed by atoms with Crippen LogP contribution in [0.25, 0.3) is 11.8 Å². The average Bonchev–Trinajstić information content (AvgIpc) is 2.45. The maximum absolute atomic E-state index is 6.26. The van der Waals surface area contributed by atoms with Crippen molar-refractivity contribution in [2.24, 2.45) is 0 Å². The molecule has 5 heteroatoms. The van der Waals surface area contributed by atoms with Gasteiger partial charge in [0.05, 0.1) is 5.70 Å². The fourth-order valence-electron chi connectivity index (χ4n) is 1.75. The fraction of sp³-hybridized carbons (Fsp3) is 0.0667. The quantitative estimate of drug-likeness (QED) is 0.403. The van der Waals surface area contributed by atoms with E-state index < -0.39 is 0 Å². The lowest BCUT2D eigenvalue weighted by atomic mass is 10.1. The second kappa shape index (κ2) is 7.14. The van der Waals surface area contributed by atoms with Crippen molar-refractivity contribution in [3.63, 3.8) is 0 Å². The lowest BCUT2D eigenvalue weighted by Gasteiger charge is -2.23. The molecule has 0 radical (unpaired) electrons. The van der Waals surface area contributed by atoms with Gasteiger partial charge in [0.15, 0.2) is 0 Å². The van der Waals surface area contributed by atoms with E-state index in [4.69, 9.17) is 23.6 Å². The van der Waals surface area contributed by atoms with E-state index in [0.29, 0.717) is 0 Å². The van der Waals surface area contributed by atoms with Crippen LogP contribution in [0.1, 0.15) is 11.1 Å². The van der Waals surface area contributed by atoms with Crippen molar-refractivity contribution in [1.29, 1.82) is 0 Å². The second-order valence-corrected chi connectivity index (χ2v) is 5.88. The molecule has 2 rings (SSSR count). The van der Waals surface area contributed by atoms with Gasteiger partial charge in [-0.05, 0) is 23.8 Å². The Labute approximate surface area is 137 Å². The van der Waals surface area contributed by atoms with E-state index in [2.05, 4.69) is 15.9 Å². The van der Waals surface area contributed by atoms with E-state index in [-0.39, 0.29) is 0 Å². The lowest BCUT2D eigenvalue weighted by molar-refractivity contribution is 0.310. The average molecular weight is 372 g/mol. The summed E-state index contributed by atoms with van der Waals surface area (Å²) < 4.78 is 3.66. The topological polar surface area (TPSA) is 6.48 Å². The Kier molecular flexibility index (Phi) is 5.49. The van der Waals surface area contributed by atoms with Gasteiger partial charge < -0.3 is 0 Å². The summed E-state index contributed by atoms with van der Waals surface area (Å²) in [5.74, 6) is 0. The first kappa shape index (κ1) is 15.4. The summed E-state index contributed by atoms with van der Waals surface area (Å²) in [5, 5.41) is 0. The summed E-state index contributed by atoms with van der Waals surface area (Å²) in [6.45, 7) is 0. The second-order valence-electron chi connectivity index (χ2n) is 4.16. The molecule has 0 fully saturated rings. The third kappa shape index (κ3) is 4.00. The number of hydrogen-bond donors (Lipinski definition) is 0. The molecule has 2 aromatic carbocycles. The molecule has 0 N–H and O–H groups in total. The van der Waals surface area contributed by atoms with E-state index >= 15 is 0 Å². The first-order valence-corrected chi connectivity index (χ1v) is 7.43. The SMILES string of the molecule is CN(Cl)N(Cl)C(=Cc1ccccc1)c1cccc(Br)c1. The van der Waals surface area contributed by atoms with Crippen LogP contribution in [0, 0.1) is 0 Å². The van der Waals surface area contributed by atoms with Crippen molar-refractivity contribution < 1.29 is 0 Å². The van der Waals surface area contributed by atoms with E-state index in [1.165, 1.54) is 9.06 Å². The molecule has 20 heavy (non-hydrogen) atoms. The summed E-state index contributed by atoms with van der Waals surface area (Å²) in [6, 6.07) is 17.8. The molecule has 0 saturated heterocycles. The van der Waals surface area contributed by atoms with Crippen molar-refractivity contribution >= 4 is 51.3 Å². The molecular weight excluding hydrogens is 359 g/mol. The number of halogens is 3. The number of benzene rings is 2. The van der Waals surface area contributed by atoms with Crippen molar-refractivity contribution in [3.8, 4) is 0 Å². The number of hydrogen-bond acceptors (Lipinski definition) is 2. The Hall–Kier alpha value is -1.00. The van der Waals surface area contributed by atoms with Crippen molar-refractivity contribution in [2.75, 3.05) is 7.05 Å². The highest BCUT2D eigenvalue weighted by molar-refractivity contribution is 9.10. The largest absolute Gasteiger partial charge is 0.200 e. The molecule has 0 saturated carbocycles. The van der Waals surface area contributed by atoms with Crippen LogP contribution in [0.4, 0.5) is 0 Å². The lowest BCUT2D eigenvalue weighted by Crippen LogP contribution is -2.22. The molecule has 0 atom stereocenters. The summed E-state index contributed by atoms with van der Waals surface area (Å²) in [4.78, 5) is 0. The molecule has 0 amide bonds. The third-order valence-electron chi connectivity index (χ3n) is 2.66. The summed E-state index contributed by atoms with van der Waals surface area (Å²) in [6.07, 6.45) is 1.98. The third-order valence-corrected chi connectivity index (χ3v) is 3.79. The molecule has 0 heterocycles. The molecule has 0 aliphatic carbocycles. The molecule has 0 unspecified atom stereocenters. The predicted octanol–water partition coefficient (Wildman–Crippen LogP) is 5.40. The first-order chi connectivity index (χ1) is 9.58. The van der Waals surface area contributed by atoms with E-state index in [9.17, 15) is 0 Å². The molecule has 0 aliphatic rings. The van der Waals surface area contributed by atoms with Crippen LogP contribution in [0.2, 0.25) is 0 Å². The van der Waals surface area contributed by atoms with Crippen molar-refractivity contribution in [2.45, 2.75) is 0 Å². The van der Waals surface area contributed by atoms with Gasteiger partial charge in [-0.1, -0.05) is 58.4 Å². The van der Waals surface area contributed by atoms with Gasteiger partial charge in [-0.25, -0.2) is 4.53 Å². The highest BCUT2D eigenvalue weighted by Gasteiger charge is 2.13. The smallest absolute Gasteiger partial charge is 0.0800 e. The Morgan fingerprint density at radius 2 is 1.75 bits per heavy atom. The van der Waals surface area contributed by atoms with Crippen LogP contribution in [0.5, 0.6) is 0 Å². The van der Waals surface area contributed by atoms with Gasteiger partial charge in [-0.3, -0.25) is 0 Å². The minimum Gasteiger partial charge on any atom is -0.200 e. The van der Waals surface area contributed by atoms with Gasteiger partial charge >= 0.3 is 0 Å². The normalized spacial score (nSPS) is 11.8. The van der Waals surface area contributed by atoms with E-state index in [1.54, 1.807) is 7.05 Å². The van der Waals surface area contributed by atoms with E-state index in [0.717, 1.165) is 21.3 Å². The maximum atomic E-state index is 6.26. The van der Waals surface area contributed by atoms with Crippen molar-refractivity contribution in [3.05, 3.63) is 70.2 Å². The Bertz CT molecular complexity index is 600. The highest BCUT2D eigenvalue weighted by Crippen LogP contribution is 2.28. The monoisotopic (exact) mass is 370 g/mol. The number of rotatable bonds is 4. The minimum absolute atomic E-state index is 0.789. The molecule has 0 bridgehead atoms. The van der Waals surface area contributed by atoms with Crippen LogP contribution >= 0.6 is 39.5 Å². The van der Waals surface area contributed by atoms with Crippen LogP contribution in [-0.4, -0.2) is 16.1 Å². The first-order valence-electron chi connectivity index (χ1n) is 5.96. The molecule has 104 valence electrons. The molecule has 0 spiro atoms. The van der Waals surface area contributed by atoms with Crippen LogP contribution in [0.15, 0.2) is 59.1 Å². The summed E-state index contributed by atoms with van der Waals surface area (Å²) in [5.41, 5.74) is 2.80. The fourth-order valence-corrected chi connectivity index (χ4v) is 2.37. The predicted molar refractivity (Wildman–Crippen MR) is 89.8 cm³/mol. The molecule has 0 aliphatic heterocycles. The van der Waals surface area contributed by atoms with Gasteiger partial charge in [-0.15, -0.1) is 4.53 Å². The Morgan fingerprint density at radius 3 is 2.35 bits per heavy atom. The van der Waals surface area contributed by atoms with E-state index in [1.807, 2.05) is 60.7 Å². The number of hydrazine groups is 1. The zero-order valence-electron chi connectivity index (χ0n) is 10.8. The van der Waals surface area contributed by atoms with Crippen molar-refractivity contribution in [1.82, 2.24) is 9.06 Å². The maximum Gasteiger partial charge on any atom is 0.0800 e. The van der Waals surface area contributed by atoms with Gasteiger partial charge in [0.1, 0.15) is 0 Å². The van der Waals surface area contributed by atoms with Gasteiger partial charge in [-0.2, -0.15) is 0 Å². The Balaban J connectivity index is 2.48. The summed E-state index contributed by atoms with van der Waals surface area (Å²) >= 11 is 15.7. The zero-order chi connectivity index (χ0) is 14.5. The molecular formula is C15H13BrCl2N2. The summed E-state index contributed by atoms with van der Waals surface area (Å²) in [7, 11) is 1.67. The zero-order valence-corrected chi connectivity index (χ0v) is 13.9. The highest BCUT2D eigenvalue weighted by atomic mass is 79.9.